The average Bonchev–Trinajstić information content (AvgIpc) is 3.09. The lowest BCUT2D eigenvalue weighted by atomic mass is 10.0. The van der Waals surface area contributed by atoms with Crippen molar-refractivity contribution < 1.29 is 10.0 Å². The van der Waals surface area contributed by atoms with E-state index in [1.165, 1.54) is 16.7 Å². The van der Waals surface area contributed by atoms with Crippen molar-refractivity contribution in [2.45, 2.75) is 18.9 Å². The molecule has 0 bridgehead atoms. The van der Waals surface area contributed by atoms with Gasteiger partial charge in [0.15, 0.2) is 0 Å². The maximum absolute atomic E-state index is 11.6. The minimum absolute atomic E-state index is 0.228. The van der Waals surface area contributed by atoms with E-state index >= 15 is 0 Å². The second kappa shape index (κ2) is 7.64. The van der Waals surface area contributed by atoms with E-state index < -0.39 is 0 Å². The zero-order valence-corrected chi connectivity index (χ0v) is 13.6. The van der Waals surface area contributed by atoms with E-state index in [4.69, 9.17) is 5.21 Å². The molecule has 0 spiro atoms. The molecule has 120 valence electrons. The van der Waals surface area contributed by atoms with Gasteiger partial charge < -0.3 is 0 Å². The Hall–Kier alpha value is -1.82. The van der Waals surface area contributed by atoms with E-state index in [0.717, 1.165) is 25.1 Å². The number of rotatable bonds is 5. The van der Waals surface area contributed by atoms with Crippen LogP contribution < -0.4 is 5.48 Å². The Morgan fingerprint density at radius 3 is 2.52 bits per heavy atom. The summed E-state index contributed by atoms with van der Waals surface area (Å²) in [6, 6.07) is 18.6. The molecule has 5 heteroatoms. The van der Waals surface area contributed by atoms with Crippen LogP contribution in [0.3, 0.4) is 0 Å². The first-order valence-electron chi connectivity index (χ1n) is 7.76. The Kier molecular flexibility index (Phi) is 5.33. The summed E-state index contributed by atoms with van der Waals surface area (Å²) >= 11 is 1.67. The van der Waals surface area contributed by atoms with Gasteiger partial charge in [-0.05, 0) is 29.5 Å². The largest absolute Gasteiger partial charge is 0.289 e. The number of hydrogen-bond donors (Lipinski definition) is 2. The van der Waals surface area contributed by atoms with E-state index in [1.54, 1.807) is 17.4 Å². The highest BCUT2D eigenvalue weighted by molar-refractivity contribution is 7.97. The lowest BCUT2D eigenvalue weighted by Crippen LogP contribution is -2.40. The second-order valence-corrected chi connectivity index (χ2v) is 6.70. The first-order chi connectivity index (χ1) is 11.3. The third-order valence-electron chi connectivity index (χ3n) is 4.09. The van der Waals surface area contributed by atoms with Gasteiger partial charge in [0.05, 0.1) is 0 Å². The average molecular weight is 328 g/mol. The lowest BCUT2D eigenvalue weighted by Gasteiger charge is -2.21. The van der Waals surface area contributed by atoms with E-state index in [9.17, 15) is 4.79 Å². The fourth-order valence-electron chi connectivity index (χ4n) is 2.81. The number of hydroxylamine groups is 1. The molecule has 1 amide bonds. The van der Waals surface area contributed by atoms with Gasteiger partial charge in [-0.25, -0.2) is 9.79 Å². The van der Waals surface area contributed by atoms with Crippen molar-refractivity contribution in [2.24, 2.45) is 0 Å². The molecule has 1 aliphatic heterocycles. The molecular formula is C18H20N2O2S. The van der Waals surface area contributed by atoms with Crippen LogP contribution in [0, 0.1) is 0 Å². The Bertz CT molecular complexity index is 646. The van der Waals surface area contributed by atoms with Gasteiger partial charge in [0.1, 0.15) is 6.04 Å². The standard InChI is InChI=1S/C18H20N2O2S/c21-18(19-22)17-11-13-23-20(17)12-10-14-6-8-16(9-7-14)15-4-2-1-3-5-15/h1-9,17,22H,10-13H2,(H,19,21). The molecule has 1 fully saturated rings. The number of carbonyl (C=O) groups excluding carboxylic acids is 1. The fraction of sp³-hybridized carbons (Fsp3) is 0.278. The van der Waals surface area contributed by atoms with Crippen molar-refractivity contribution >= 4 is 17.9 Å². The van der Waals surface area contributed by atoms with Crippen molar-refractivity contribution in [3.8, 4) is 11.1 Å². The number of benzene rings is 2. The fourth-order valence-corrected chi connectivity index (χ4v) is 3.97. The minimum Gasteiger partial charge on any atom is -0.289 e. The molecule has 2 aromatic carbocycles. The van der Waals surface area contributed by atoms with Gasteiger partial charge >= 0.3 is 0 Å². The van der Waals surface area contributed by atoms with E-state index in [0.29, 0.717) is 0 Å². The van der Waals surface area contributed by atoms with Crippen LogP contribution in [-0.2, 0) is 11.2 Å². The Balaban J connectivity index is 1.60. The zero-order valence-electron chi connectivity index (χ0n) is 12.8. The van der Waals surface area contributed by atoms with Gasteiger partial charge in [-0.15, -0.1) is 0 Å². The normalized spacial score (nSPS) is 18.0. The van der Waals surface area contributed by atoms with Crippen LogP contribution in [0.2, 0.25) is 0 Å². The molecule has 1 atom stereocenters. The highest BCUT2D eigenvalue weighted by atomic mass is 32.2. The smallest absolute Gasteiger partial charge is 0.261 e. The molecule has 0 saturated carbocycles. The third-order valence-corrected chi connectivity index (χ3v) is 5.28. The van der Waals surface area contributed by atoms with Gasteiger partial charge in [-0.1, -0.05) is 66.5 Å². The van der Waals surface area contributed by atoms with Crippen LogP contribution in [-0.4, -0.2) is 33.8 Å². The van der Waals surface area contributed by atoms with Crippen molar-refractivity contribution in [1.29, 1.82) is 0 Å². The van der Waals surface area contributed by atoms with E-state index in [1.807, 2.05) is 18.2 Å². The summed E-state index contributed by atoms with van der Waals surface area (Å²) in [7, 11) is 0. The first-order valence-corrected chi connectivity index (χ1v) is 8.70. The highest BCUT2D eigenvalue weighted by Gasteiger charge is 2.30. The van der Waals surface area contributed by atoms with Crippen LogP contribution in [0.15, 0.2) is 54.6 Å². The summed E-state index contributed by atoms with van der Waals surface area (Å²) in [6.45, 7) is 0.799. The summed E-state index contributed by atoms with van der Waals surface area (Å²) in [4.78, 5) is 11.6. The number of nitrogens with zero attached hydrogens (tertiary/aromatic N) is 1. The first kappa shape index (κ1) is 16.1. The van der Waals surface area contributed by atoms with Crippen molar-refractivity contribution in [2.75, 3.05) is 12.3 Å². The maximum Gasteiger partial charge on any atom is 0.261 e. The van der Waals surface area contributed by atoms with Gasteiger partial charge in [-0.2, -0.15) is 0 Å². The Morgan fingerprint density at radius 2 is 1.83 bits per heavy atom. The number of nitrogens with one attached hydrogen (secondary N) is 1. The number of hydrogen-bond acceptors (Lipinski definition) is 4. The van der Waals surface area contributed by atoms with Crippen molar-refractivity contribution in [3.63, 3.8) is 0 Å². The number of amides is 1. The van der Waals surface area contributed by atoms with Crippen LogP contribution in [0.4, 0.5) is 0 Å². The monoisotopic (exact) mass is 328 g/mol. The summed E-state index contributed by atoms with van der Waals surface area (Å²) in [5.41, 5.74) is 5.44. The molecule has 1 heterocycles. The van der Waals surface area contributed by atoms with Gasteiger partial charge in [0, 0.05) is 12.3 Å². The Morgan fingerprint density at radius 1 is 1.13 bits per heavy atom. The van der Waals surface area contributed by atoms with Gasteiger partial charge in [0.2, 0.25) is 0 Å². The van der Waals surface area contributed by atoms with Crippen molar-refractivity contribution in [3.05, 3.63) is 60.2 Å². The molecule has 4 nitrogen and oxygen atoms in total. The molecule has 2 N–H and O–H groups in total. The molecule has 3 rings (SSSR count). The van der Waals surface area contributed by atoms with Crippen molar-refractivity contribution in [1.82, 2.24) is 9.79 Å². The second-order valence-electron chi connectivity index (χ2n) is 5.57. The summed E-state index contributed by atoms with van der Waals surface area (Å²) in [6.07, 6.45) is 1.67. The SMILES string of the molecule is O=C(NO)C1CCSN1CCc1ccc(-c2ccccc2)cc1. The summed E-state index contributed by atoms with van der Waals surface area (Å²) < 4.78 is 2.07. The maximum atomic E-state index is 11.6. The molecule has 0 aliphatic carbocycles. The van der Waals surface area contributed by atoms with Crippen LogP contribution in [0.25, 0.3) is 11.1 Å². The predicted octanol–water partition coefficient (Wildman–Crippen LogP) is 3.12. The molecule has 1 unspecified atom stereocenters. The van der Waals surface area contributed by atoms with Gasteiger partial charge in [-0.3, -0.25) is 10.0 Å². The third kappa shape index (κ3) is 3.93. The van der Waals surface area contributed by atoms with Crippen LogP contribution in [0.5, 0.6) is 0 Å². The Labute approximate surface area is 140 Å². The van der Waals surface area contributed by atoms with Gasteiger partial charge in [0.25, 0.3) is 5.91 Å². The van der Waals surface area contributed by atoms with E-state index in [-0.39, 0.29) is 11.9 Å². The lowest BCUT2D eigenvalue weighted by molar-refractivity contribution is -0.132. The summed E-state index contributed by atoms with van der Waals surface area (Å²) in [5.74, 6) is 0.611. The van der Waals surface area contributed by atoms with E-state index in [2.05, 4.69) is 40.7 Å². The van der Waals surface area contributed by atoms with Crippen LogP contribution >= 0.6 is 11.9 Å². The topological polar surface area (TPSA) is 52.6 Å². The zero-order chi connectivity index (χ0) is 16.1. The molecule has 1 aliphatic rings. The molecule has 2 aromatic rings. The minimum atomic E-state index is -0.311. The highest BCUT2D eigenvalue weighted by Crippen LogP contribution is 2.27. The quantitative estimate of drug-likeness (QED) is 0.503. The molecular weight excluding hydrogens is 308 g/mol. The number of carbonyl (C=O) groups is 1. The predicted molar refractivity (Wildman–Crippen MR) is 93.1 cm³/mol. The van der Waals surface area contributed by atoms with Crippen LogP contribution in [0.1, 0.15) is 12.0 Å². The molecule has 0 radical (unpaired) electrons. The molecule has 0 aromatic heterocycles. The molecule has 23 heavy (non-hydrogen) atoms. The summed E-state index contributed by atoms with van der Waals surface area (Å²) in [5, 5.41) is 8.80. The molecule has 1 saturated heterocycles.